The number of carbonyl (C=O) groups is 3. The average molecular weight is 501 g/mol. The highest BCUT2D eigenvalue weighted by atomic mass is 35.5. The number of likely N-dealkylation sites (tertiary alicyclic amines) is 2. The van der Waals surface area contributed by atoms with Gasteiger partial charge in [-0.1, -0.05) is 67.4 Å². The van der Waals surface area contributed by atoms with Gasteiger partial charge in [-0.05, 0) is 70.0 Å². The van der Waals surface area contributed by atoms with E-state index < -0.39 is 5.41 Å². The predicted octanol–water partition coefficient (Wildman–Crippen LogP) is 5.71. The van der Waals surface area contributed by atoms with E-state index in [0.29, 0.717) is 10.4 Å². The van der Waals surface area contributed by atoms with E-state index in [1.807, 2.05) is 65.5 Å². The maximum absolute atomic E-state index is 13.2. The number of piperidine rings is 1. The molecule has 0 atom stereocenters. The summed E-state index contributed by atoms with van der Waals surface area (Å²) in [5, 5.41) is 0.706. The van der Waals surface area contributed by atoms with Gasteiger partial charge in [-0.25, -0.2) is 0 Å². The molecule has 2 saturated heterocycles. The number of hydrogen-bond donors (Lipinski definition) is 0. The van der Waals surface area contributed by atoms with Crippen molar-refractivity contribution in [2.75, 3.05) is 26.2 Å². The van der Waals surface area contributed by atoms with Crippen LogP contribution in [0.1, 0.15) is 57.2 Å². The molecule has 2 heterocycles. The fraction of sp³-hybridized carbons (Fsp3) is 0.483. The van der Waals surface area contributed by atoms with Crippen LogP contribution < -0.4 is 0 Å². The molecule has 2 fully saturated rings. The smallest absolute Gasteiger partial charge is 0.232 e. The molecule has 1 spiro atoms. The van der Waals surface area contributed by atoms with Crippen molar-refractivity contribution in [1.82, 2.24) is 9.80 Å². The van der Waals surface area contributed by atoms with Gasteiger partial charge in [0.15, 0.2) is 0 Å². The van der Waals surface area contributed by atoms with Gasteiger partial charge in [-0.15, -0.1) is 0 Å². The average Bonchev–Trinajstić information content (AvgIpc) is 2.88. The van der Waals surface area contributed by atoms with Crippen LogP contribution in [-0.4, -0.2) is 55.5 Å². The van der Waals surface area contributed by atoms with Crippen molar-refractivity contribution >= 4 is 31.1 Å². The molecule has 4 rings (SSSR count). The lowest BCUT2D eigenvalue weighted by atomic mass is 9.70. The first-order valence-electron chi connectivity index (χ1n) is 12.2. The Hall–Kier alpha value is -2.50. The van der Waals surface area contributed by atoms with Crippen molar-refractivity contribution in [1.29, 1.82) is 0 Å². The highest BCUT2D eigenvalue weighted by molar-refractivity contribution is 6.30. The van der Waals surface area contributed by atoms with Crippen LogP contribution in [0, 0.1) is 12.3 Å². The molecule has 0 bridgehead atoms. The first-order chi connectivity index (χ1) is 16.8. The summed E-state index contributed by atoms with van der Waals surface area (Å²) in [6.07, 6.45) is 2.37. The largest absolute Gasteiger partial charge is 0.341 e. The minimum Gasteiger partial charge on any atom is -0.341 e. The molecule has 2 aromatic rings. The van der Waals surface area contributed by atoms with Gasteiger partial charge in [0.1, 0.15) is 13.6 Å². The highest BCUT2D eigenvalue weighted by Gasteiger charge is 2.49. The van der Waals surface area contributed by atoms with Gasteiger partial charge in [0, 0.05) is 30.1 Å². The quantitative estimate of drug-likeness (QED) is 0.539. The Bertz CT molecular complexity index is 895. The fourth-order valence-corrected chi connectivity index (χ4v) is 4.87. The van der Waals surface area contributed by atoms with Crippen molar-refractivity contribution in [3.8, 4) is 0 Å². The molecule has 1 amide bonds. The number of nitrogens with zero attached hydrogens (tertiary/aromatic N) is 2. The number of carbonyl (C=O) groups excluding carboxylic acids is 3. The second-order valence-electron chi connectivity index (χ2n) is 9.55. The number of rotatable bonds is 4. The van der Waals surface area contributed by atoms with Crippen molar-refractivity contribution in [2.24, 2.45) is 5.41 Å². The van der Waals surface area contributed by atoms with Crippen LogP contribution in [0.4, 0.5) is 0 Å². The maximum Gasteiger partial charge on any atom is 0.232 e. The molecular formula is C29H41ClN2O3. The van der Waals surface area contributed by atoms with Crippen molar-refractivity contribution in [2.45, 2.75) is 59.4 Å². The summed E-state index contributed by atoms with van der Waals surface area (Å²) in [7, 11) is 0. The molecule has 5 nitrogen and oxygen atoms in total. The summed E-state index contributed by atoms with van der Waals surface area (Å²) < 4.78 is 0. The molecule has 6 heteroatoms. The zero-order valence-electron chi connectivity index (χ0n) is 22.0. The molecule has 0 aromatic heterocycles. The maximum atomic E-state index is 13.2. The lowest BCUT2D eigenvalue weighted by Crippen LogP contribution is -2.64. The molecule has 2 aliphatic heterocycles. The van der Waals surface area contributed by atoms with Gasteiger partial charge in [0.2, 0.25) is 5.91 Å². The van der Waals surface area contributed by atoms with E-state index in [1.54, 1.807) is 0 Å². The van der Waals surface area contributed by atoms with Gasteiger partial charge in [-0.3, -0.25) is 9.69 Å². The predicted molar refractivity (Wildman–Crippen MR) is 145 cm³/mol. The first-order valence-corrected chi connectivity index (χ1v) is 12.6. The van der Waals surface area contributed by atoms with Crippen LogP contribution in [0.25, 0.3) is 0 Å². The SMILES string of the molecule is C=O.C=O.CC.Cc1ccc(CN2CCC3(CC2)CN(C(=O)C(C)(C)c2ccc(Cl)cc2)C3)cc1. The van der Waals surface area contributed by atoms with E-state index in [0.717, 1.165) is 38.3 Å². The number of benzene rings is 2. The van der Waals surface area contributed by atoms with Crippen molar-refractivity contribution in [3.05, 3.63) is 70.2 Å². The van der Waals surface area contributed by atoms with Crippen LogP contribution >= 0.6 is 11.6 Å². The Morgan fingerprint density at radius 3 is 1.89 bits per heavy atom. The summed E-state index contributed by atoms with van der Waals surface area (Å²) in [6.45, 7) is 19.3. The zero-order valence-corrected chi connectivity index (χ0v) is 22.7. The molecule has 0 N–H and O–H groups in total. The van der Waals surface area contributed by atoms with E-state index in [9.17, 15) is 4.79 Å². The zero-order chi connectivity index (χ0) is 26.6. The summed E-state index contributed by atoms with van der Waals surface area (Å²) in [5.74, 6) is 0.229. The molecule has 0 unspecified atom stereocenters. The number of halogens is 1. The third-order valence-corrected chi connectivity index (χ3v) is 7.14. The molecule has 0 saturated carbocycles. The standard InChI is InChI=1S/C25H31ClN2O.C2H6.2CH2O/c1-19-4-6-20(7-5-19)16-27-14-12-25(13-15-27)17-28(18-25)23(29)24(2,3)21-8-10-22(26)11-9-21;3*1-2/h4-11H,12-18H2,1-3H3;1-2H3;2*1H2. The fourth-order valence-electron chi connectivity index (χ4n) is 4.75. The second-order valence-corrected chi connectivity index (χ2v) is 9.99. The number of hydrogen-bond acceptors (Lipinski definition) is 4. The molecule has 35 heavy (non-hydrogen) atoms. The van der Waals surface area contributed by atoms with Gasteiger partial charge >= 0.3 is 0 Å². The summed E-state index contributed by atoms with van der Waals surface area (Å²) in [6, 6.07) is 16.5. The van der Waals surface area contributed by atoms with E-state index in [2.05, 4.69) is 41.0 Å². The molecular weight excluding hydrogens is 460 g/mol. The van der Waals surface area contributed by atoms with Crippen LogP contribution in [-0.2, 0) is 26.3 Å². The lowest BCUT2D eigenvalue weighted by Gasteiger charge is -2.55. The number of aryl methyl sites for hydroxylation is 1. The van der Waals surface area contributed by atoms with Crippen LogP contribution in [0.3, 0.4) is 0 Å². The Morgan fingerprint density at radius 1 is 0.914 bits per heavy atom. The van der Waals surface area contributed by atoms with E-state index >= 15 is 0 Å². The minimum absolute atomic E-state index is 0.229. The Balaban J connectivity index is 0.000000949. The monoisotopic (exact) mass is 500 g/mol. The Kier molecular flexibility index (Phi) is 12.3. The van der Waals surface area contributed by atoms with Gasteiger partial charge in [0.25, 0.3) is 0 Å². The van der Waals surface area contributed by atoms with Crippen molar-refractivity contribution < 1.29 is 14.4 Å². The van der Waals surface area contributed by atoms with Gasteiger partial charge < -0.3 is 14.5 Å². The minimum atomic E-state index is -0.516. The number of amides is 1. The van der Waals surface area contributed by atoms with Crippen LogP contribution in [0.15, 0.2) is 48.5 Å². The molecule has 0 aliphatic carbocycles. The van der Waals surface area contributed by atoms with Crippen LogP contribution in [0.2, 0.25) is 5.02 Å². The first kappa shape index (κ1) is 30.5. The molecule has 0 radical (unpaired) electrons. The Morgan fingerprint density at radius 2 is 1.40 bits per heavy atom. The topological polar surface area (TPSA) is 57.7 Å². The van der Waals surface area contributed by atoms with Crippen LogP contribution in [0.5, 0.6) is 0 Å². The third kappa shape index (κ3) is 7.74. The van der Waals surface area contributed by atoms with Crippen molar-refractivity contribution in [3.63, 3.8) is 0 Å². The lowest BCUT2D eigenvalue weighted by molar-refractivity contribution is -0.152. The van der Waals surface area contributed by atoms with E-state index in [-0.39, 0.29) is 5.91 Å². The summed E-state index contributed by atoms with van der Waals surface area (Å²) in [5.41, 5.74) is 3.54. The van der Waals surface area contributed by atoms with Gasteiger partial charge in [-0.2, -0.15) is 0 Å². The van der Waals surface area contributed by atoms with E-state index in [1.165, 1.54) is 24.0 Å². The molecule has 2 aromatic carbocycles. The summed E-state index contributed by atoms with van der Waals surface area (Å²) in [4.78, 5) is 33.8. The normalized spacial score (nSPS) is 16.3. The highest BCUT2D eigenvalue weighted by Crippen LogP contribution is 2.42. The molecule has 2 aliphatic rings. The summed E-state index contributed by atoms with van der Waals surface area (Å²) >= 11 is 6.01. The Labute approximate surface area is 216 Å². The van der Waals surface area contributed by atoms with E-state index in [4.69, 9.17) is 21.2 Å². The van der Waals surface area contributed by atoms with Gasteiger partial charge in [0.05, 0.1) is 5.41 Å². The second kappa shape index (κ2) is 14.2. The molecule has 192 valence electrons. The third-order valence-electron chi connectivity index (χ3n) is 6.88.